The number of amides is 2. The molecule has 0 atom stereocenters. The first-order valence-corrected chi connectivity index (χ1v) is 7.73. The fourth-order valence-corrected chi connectivity index (χ4v) is 2.57. The molecular weight excluding hydrogens is 376 g/mol. The number of hydrogen-bond acceptors (Lipinski definition) is 4. The van der Waals surface area contributed by atoms with E-state index in [9.17, 15) is 14.4 Å². The van der Waals surface area contributed by atoms with Gasteiger partial charge in [0.2, 0.25) is 0 Å². The SMILES string of the molecule is O=C(NNC(=O)c1ccccc1Br)c1cc(=O)c2ccccc2o1. The standard InChI is InChI=1S/C17H11BrN2O4/c18-12-7-3-1-5-10(12)16(22)19-20-17(23)15-9-13(21)11-6-2-4-8-14(11)24-15/h1-9H,(H,19,22)(H,20,23). The van der Waals surface area contributed by atoms with Gasteiger partial charge in [0.05, 0.1) is 10.9 Å². The molecule has 0 fully saturated rings. The van der Waals surface area contributed by atoms with Gasteiger partial charge in [0.15, 0.2) is 11.2 Å². The summed E-state index contributed by atoms with van der Waals surface area (Å²) in [6.45, 7) is 0. The van der Waals surface area contributed by atoms with Crippen molar-refractivity contribution in [3.8, 4) is 0 Å². The molecule has 7 heteroatoms. The van der Waals surface area contributed by atoms with Gasteiger partial charge in [0, 0.05) is 10.5 Å². The molecule has 0 aliphatic rings. The molecule has 2 amide bonds. The summed E-state index contributed by atoms with van der Waals surface area (Å²) in [4.78, 5) is 36.1. The van der Waals surface area contributed by atoms with Gasteiger partial charge in [-0.05, 0) is 40.2 Å². The Labute approximate surface area is 144 Å². The first-order valence-electron chi connectivity index (χ1n) is 6.94. The van der Waals surface area contributed by atoms with E-state index in [-0.39, 0.29) is 11.2 Å². The largest absolute Gasteiger partial charge is 0.451 e. The van der Waals surface area contributed by atoms with Gasteiger partial charge >= 0.3 is 5.91 Å². The molecule has 0 aliphatic carbocycles. The molecule has 24 heavy (non-hydrogen) atoms. The zero-order chi connectivity index (χ0) is 17.1. The lowest BCUT2D eigenvalue weighted by molar-refractivity contribution is 0.0831. The van der Waals surface area contributed by atoms with Crippen molar-refractivity contribution in [1.82, 2.24) is 10.9 Å². The van der Waals surface area contributed by atoms with Crippen molar-refractivity contribution < 1.29 is 14.0 Å². The molecule has 1 aromatic heterocycles. The normalized spacial score (nSPS) is 10.4. The van der Waals surface area contributed by atoms with E-state index in [1.54, 1.807) is 48.5 Å². The molecule has 120 valence electrons. The molecule has 0 radical (unpaired) electrons. The maximum absolute atomic E-state index is 12.1. The van der Waals surface area contributed by atoms with Gasteiger partial charge in [-0.2, -0.15) is 0 Å². The van der Waals surface area contributed by atoms with E-state index in [2.05, 4.69) is 26.8 Å². The van der Waals surface area contributed by atoms with Crippen LogP contribution in [0.5, 0.6) is 0 Å². The molecule has 2 aromatic carbocycles. The number of carbonyl (C=O) groups is 2. The maximum Gasteiger partial charge on any atom is 0.305 e. The lowest BCUT2D eigenvalue weighted by Crippen LogP contribution is -2.42. The second-order valence-electron chi connectivity index (χ2n) is 4.86. The van der Waals surface area contributed by atoms with Crippen LogP contribution in [0.15, 0.2) is 68.3 Å². The lowest BCUT2D eigenvalue weighted by atomic mass is 10.2. The zero-order valence-electron chi connectivity index (χ0n) is 12.2. The van der Waals surface area contributed by atoms with Crippen molar-refractivity contribution in [2.75, 3.05) is 0 Å². The van der Waals surface area contributed by atoms with Crippen LogP contribution in [0.2, 0.25) is 0 Å². The quantitative estimate of drug-likeness (QED) is 0.662. The fraction of sp³-hybridized carbons (Fsp3) is 0. The van der Waals surface area contributed by atoms with Crippen LogP contribution in [-0.4, -0.2) is 11.8 Å². The van der Waals surface area contributed by atoms with Crippen LogP contribution in [0.3, 0.4) is 0 Å². The highest BCUT2D eigenvalue weighted by atomic mass is 79.9. The number of benzene rings is 2. The molecule has 6 nitrogen and oxygen atoms in total. The van der Waals surface area contributed by atoms with E-state index in [0.29, 0.717) is 21.0 Å². The Kier molecular flexibility index (Phi) is 4.43. The van der Waals surface area contributed by atoms with Crippen LogP contribution in [0.25, 0.3) is 11.0 Å². The van der Waals surface area contributed by atoms with Gasteiger partial charge in [-0.1, -0.05) is 24.3 Å². The number of para-hydroxylation sites is 1. The summed E-state index contributed by atoms with van der Waals surface area (Å²) < 4.78 is 5.99. The number of hydrazine groups is 1. The van der Waals surface area contributed by atoms with E-state index in [1.807, 2.05) is 0 Å². The van der Waals surface area contributed by atoms with Gasteiger partial charge in [0.1, 0.15) is 5.58 Å². The molecule has 3 aromatic rings. The average Bonchev–Trinajstić information content (AvgIpc) is 2.59. The number of carbonyl (C=O) groups excluding carboxylic acids is 2. The predicted octanol–water partition coefficient (Wildman–Crippen LogP) is 2.63. The summed E-state index contributed by atoms with van der Waals surface area (Å²) in [5.74, 6) is -1.41. The third kappa shape index (κ3) is 3.21. The number of rotatable bonds is 2. The molecule has 3 rings (SSSR count). The fourth-order valence-electron chi connectivity index (χ4n) is 2.10. The Hall–Kier alpha value is -2.93. The summed E-state index contributed by atoms with van der Waals surface area (Å²) in [6, 6.07) is 14.5. The summed E-state index contributed by atoms with van der Waals surface area (Å²) >= 11 is 3.25. The molecule has 0 saturated carbocycles. The Morgan fingerprint density at radius 1 is 0.917 bits per heavy atom. The topological polar surface area (TPSA) is 88.4 Å². The highest BCUT2D eigenvalue weighted by Gasteiger charge is 2.14. The third-order valence-corrected chi connectivity index (χ3v) is 3.96. The molecule has 0 bridgehead atoms. The smallest absolute Gasteiger partial charge is 0.305 e. The summed E-state index contributed by atoms with van der Waals surface area (Å²) in [7, 11) is 0. The van der Waals surface area contributed by atoms with Crippen LogP contribution in [0.1, 0.15) is 20.9 Å². The molecule has 0 unspecified atom stereocenters. The van der Waals surface area contributed by atoms with Crippen molar-refractivity contribution in [3.05, 3.63) is 80.6 Å². The zero-order valence-corrected chi connectivity index (χ0v) is 13.8. The summed E-state index contributed by atoms with van der Waals surface area (Å²) in [5.41, 5.74) is 4.82. The van der Waals surface area contributed by atoms with Gasteiger partial charge < -0.3 is 4.42 Å². The average molecular weight is 387 g/mol. The summed E-state index contributed by atoms with van der Waals surface area (Å²) in [5, 5.41) is 0.381. The van der Waals surface area contributed by atoms with Crippen LogP contribution in [0, 0.1) is 0 Å². The highest BCUT2D eigenvalue weighted by molar-refractivity contribution is 9.10. The Morgan fingerprint density at radius 3 is 2.38 bits per heavy atom. The van der Waals surface area contributed by atoms with E-state index in [0.717, 1.165) is 6.07 Å². The van der Waals surface area contributed by atoms with Gasteiger partial charge in [-0.3, -0.25) is 25.2 Å². The monoisotopic (exact) mass is 386 g/mol. The molecule has 0 spiro atoms. The molecule has 0 aliphatic heterocycles. The minimum absolute atomic E-state index is 0.189. The van der Waals surface area contributed by atoms with Gasteiger partial charge in [-0.25, -0.2) is 0 Å². The van der Waals surface area contributed by atoms with E-state index < -0.39 is 11.8 Å². The van der Waals surface area contributed by atoms with E-state index in [4.69, 9.17) is 4.42 Å². The van der Waals surface area contributed by atoms with Crippen molar-refractivity contribution in [2.24, 2.45) is 0 Å². The first kappa shape index (κ1) is 15.9. The lowest BCUT2D eigenvalue weighted by Gasteiger charge is -2.08. The second kappa shape index (κ2) is 6.67. The van der Waals surface area contributed by atoms with Crippen LogP contribution >= 0.6 is 15.9 Å². The maximum atomic E-state index is 12.1. The minimum Gasteiger partial charge on any atom is -0.451 e. The Morgan fingerprint density at radius 2 is 1.58 bits per heavy atom. The molecule has 1 heterocycles. The van der Waals surface area contributed by atoms with Crippen molar-refractivity contribution >= 4 is 38.7 Å². The van der Waals surface area contributed by atoms with Gasteiger partial charge in [0.25, 0.3) is 5.91 Å². The van der Waals surface area contributed by atoms with Crippen molar-refractivity contribution in [2.45, 2.75) is 0 Å². The number of fused-ring (bicyclic) bond motifs is 1. The predicted molar refractivity (Wildman–Crippen MR) is 91.6 cm³/mol. The summed E-state index contributed by atoms with van der Waals surface area (Å²) in [6.07, 6.45) is 0. The number of hydrogen-bond donors (Lipinski definition) is 2. The Bertz CT molecular complexity index is 997. The van der Waals surface area contributed by atoms with Crippen molar-refractivity contribution in [1.29, 1.82) is 0 Å². The minimum atomic E-state index is -0.724. The second-order valence-corrected chi connectivity index (χ2v) is 5.71. The van der Waals surface area contributed by atoms with E-state index >= 15 is 0 Å². The first-order chi connectivity index (χ1) is 11.6. The molecule has 2 N–H and O–H groups in total. The number of nitrogens with one attached hydrogen (secondary N) is 2. The van der Waals surface area contributed by atoms with Crippen LogP contribution in [-0.2, 0) is 0 Å². The highest BCUT2D eigenvalue weighted by Crippen LogP contribution is 2.15. The van der Waals surface area contributed by atoms with Gasteiger partial charge in [-0.15, -0.1) is 0 Å². The van der Waals surface area contributed by atoms with Crippen LogP contribution in [0.4, 0.5) is 0 Å². The van der Waals surface area contributed by atoms with Crippen molar-refractivity contribution in [3.63, 3.8) is 0 Å². The third-order valence-electron chi connectivity index (χ3n) is 3.27. The number of halogens is 1. The Balaban J connectivity index is 1.77. The molecular formula is C17H11BrN2O4. The van der Waals surface area contributed by atoms with E-state index in [1.165, 1.54) is 0 Å². The van der Waals surface area contributed by atoms with Crippen LogP contribution < -0.4 is 16.3 Å². The molecule has 0 saturated heterocycles.